The second kappa shape index (κ2) is 7.96. The minimum atomic E-state index is -4.55. The van der Waals surface area contributed by atoms with E-state index >= 15 is 0 Å². The molecule has 4 nitrogen and oxygen atoms in total. The predicted molar refractivity (Wildman–Crippen MR) is 120 cm³/mol. The quantitative estimate of drug-likeness (QED) is 0.558. The molecule has 2 N–H and O–H groups in total. The number of hydrogen-bond acceptors (Lipinski definition) is 4. The SMILES string of the molecule is CC1(C)CC(=O)C2=C(C1)N(c1cccc(C(F)(F)F)c1)C(N)=C(C#N)[C@H]2c1ccc(Cl)cc1. The van der Waals surface area contributed by atoms with E-state index in [0.717, 1.165) is 12.1 Å². The molecule has 1 heterocycles. The fraction of sp³-hybridized carbons (Fsp3) is 0.280. The van der Waals surface area contributed by atoms with E-state index in [-0.39, 0.29) is 29.3 Å². The van der Waals surface area contributed by atoms with Gasteiger partial charge in [0.15, 0.2) is 5.78 Å². The summed E-state index contributed by atoms with van der Waals surface area (Å²) in [5.41, 5.74) is 7.04. The monoisotopic (exact) mass is 471 g/mol. The van der Waals surface area contributed by atoms with Crippen molar-refractivity contribution in [2.45, 2.75) is 38.8 Å². The number of hydrogen-bond donors (Lipinski definition) is 1. The molecule has 2 aromatic rings. The Labute approximate surface area is 194 Å². The van der Waals surface area contributed by atoms with E-state index in [2.05, 4.69) is 6.07 Å². The van der Waals surface area contributed by atoms with E-state index in [0.29, 0.717) is 28.3 Å². The maximum absolute atomic E-state index is 13.4. The summed E-state index contributed by atoms with van der Waals surface area (Å²) in [6, 6.07) is 13.6. The van der Waals surface area contributed by atoms with Crippen LogP contribution in [0.2, 0.25) is 5.02 Å². The van der Waals surface area contributed by atoms with Gasteiger partial charge < -0.3 is 5.73 Å². The van der Waals surface area contributed by atoms with Gasteiger partial charge in [0, 0.05) is 28.4 Å². The average Bonchev–Trinajstić information content (AvgIpc) is 2.72. The fourth-order valence-corrected chi connectivity index (χ4v) is 4.74. The molecule has 0 saturated carbocycles. The van der Waals surface area contributed by atoms with Crippen molar-refractivity contribution in [1.29, 1.82) is 5.26 Å². The van der Waals surface area contributed by atoms with Crippen LogP contribution in [0.15, 0.2) is 71.2 Å². The van der Waals surface area contributed by atoms with E-state index in [1.807, 2.05) is 13.8 Å². The Bertz CT molecular complexity index is 1240. The molecule has 0 unspecified atom stereocenters. The second-order valence-electron chi connectivity index (χ2n) is 9.08. The van der Waals surface area contributed by atoms with Crippen LogP contribution in [0.25, 0.3) is 0 Å². The Morgan fingerprint density at radius 3 is 2.42 bits per heavy atom. The Morgan fingerprint density at radius 2 is 1.82 bits per heavy atom. The lowest BCUT2D eigenvalue weighted by Crippen LogP contribution is -2.42. The van der Waals surface area contributed by atoms with Crippen LogP contribution in [0, 0.1) is 16.7 Å². The molecule has 2 aliphatic rings. The third kappa shape index (κ3) is 4.11. The summed E-state index contributed by atoms with van der Waals surface area (Å²) in [6.07, 6.45) is -3.88. The highest BCUT2D eigenvalue weighted by Gasteiger charge is 2.45. The van der Waals surface area contributed by atoms with Crippen molar-refractivity contribution >= 4 is 23.1 Å². The summed E-state index contributed by atoms with van der Waals surface area (Å²) in [4.78, 5) is 14.8. The molecule has 0 bridgehead atoms. The predicted octanol–water partition coefficient (Wildman–Crippen LogP) is 6.30. The van der Waals surface area contributed by atoms with Gasteiger partial charge >= 0.3 is 6.18 Å². The summed E-state index contributed by atoms with van der Waals surface area (Å²) in [7, 11) is 0. The number of allylic oxidation sites excluding steroid dienone is 3. The van der Waals surface area contributed by atoms with Gasteiger partial charge in [-0.25, -0.2) is 0 Å². The van der Waals surface area contributed by atoms with E-state index in [9.17, 15) is 23.2 Å². The van der Waals surface area contributed by atoms with Crippen LogP contribution in [0.4, 0.5) is 18.9 Å². The molecule has 0 fully saturated rings. The number of nitriles is 1. The van der Waals surface area contributed by atoms with E-state index < -0.39 is 23.1 Å². The van der Waals surface area contributed by atoms with Crippen molar-refractivity contribution in [2.75, 3.05) is 4.90 Å². The lowest BCUT2D eigenvalue weighted by molar-refractivity contribution is -0.137. The summed E-state index contributed by atoms with van der Waals surface area (Å²) in [5.74, 6) is -0.854. The van der Waals surface area contributed by atoms with E-state index in [1.54, 1.807) is 24.3 Å². The van der Waals surface area contributed by atoms with Crippen LogP contribution >= 0.6 is 11.6 Å². The lowest BCUT2D eigenvalue weighted by Gasteiger charge is -2.43. The third-order valence-corrected chi connectivity index (χ3v) is 6.27. The zero-order valence-corrected chi connectivity index (χ0v) is 18.8. The van der Waals surface area contributed by atoms with Crippen LogP contribution in [0.5, 0.6) is 0 Å². The van der Waals surface area contributed by atoms with Crippen LogP contribution in [-0.2, 0) is 11.0 Å². The molecule has 1 atom stereocenters. The van der Waals surface area contributed by atoms with Gasteiger partial charge in [-0.1, -0.05) is 43.6 Å². The Balaban J connectivity index is 1.99. The minimum Gasteiger partial charge on any atom is -0.384 e. The zero-order valence-electron chi connectivity index (χ0n) is 18.0. The summed E-state index contributed by atoms with van der Waals surface area (Å²) >= 11 is 6.03. The molecular formula is C25H21ClF3N3O. The van der Waals surface area contributed by atoms with Gasteiger partial charge in [-0.2, -0.15) is 18.4 Å². The molecule has 4 rings (SSSR count). The molecule has 1 aliphatic carbocycles. The third-order valence-electron chi connectivity index (χ3n) is 6.02. The summed E-state index contributed by atoms with van der Waals surface area (Å²) in [6.45, 7) is 3.85. The van der Waals surface area contributed by atoms with Crippen molar-refractivity contribution in [2.24, 2.45) is 11.1 Å². The smallest absolute Gasteiger partial charge is 0.384 e. The van der Waals surface area contributed by atoms with Crippen molar-refractivity contribution in [3.8, 4) is 6.07 Å². The topological polar surface area (TPSA) is 70.1 Å². The number of nitrogens with two attached hydrogens (primary N) is 1. The first-order valence-corrected chi connectivity index (χ1v) is 10.7. The highest BCUT2D eigenvalue weighted by atomic mass is 35.5. The number of ketones is 1. The van der Waals surface area contributed by atoms with Gasteiger partial charge in [0.1, 0.15) is 5.82 Å². The molecule has 0 amide bonds. The van der Waals surface area contributed by atoms with Gasteiger partial charge in [-0.15, -0.1) is 0 Å². The van der Waals surface area contributed by atoms with E-state index in [4.69, 9.17) is 17.3 Å². The van der Waals surface area contributed by atoms with Crippen LogP contribution in [0.1, 0.15) is 43.7 Å². The number of Topliss-reactive ketones (excluding diaryl/α,β-unsaturated/α-hetero) is 1. The molecule has 170 valence electrons. The molecule has 0 radical (unpaired) electrons. The minimum absolute atomic E-state index is 0.0148. The molecular weight excluding hydrogens is 451 g/mol. The van der Waals surface area contributed by atoms with Crippen molar-refractivity contribution in [3.05, 3.63) is 87.3 Å². The first-order chi connectivity index (χ1) is 15.4. The van der Waals surface area contributed by atoms with Gasteiger partial charge in [0.05, 0.1) is 23.1 Å². The maximum Gasteiger partial charge on any atom is 0.416 e. The molecule has 0 saturated heterocycles. The summed E-state index contributed by atoms with van der Waals surface area (Å²) in [5, 5.41) is 10.5. The Kier molecular flexibility index (Phi) is 5.53. The first-order valence-electron chi connectivity index (χ1n) is 10.3. The number of halogens is 4. The van der Waals surface area contributed by atoms with Gasteiger partial charge in [0.2, 0.25) is 0 Å². The highest BCUT2D eigenvalue weighted by molar-refractivity contribution is 6.30. The second-order valence-corrected chi connectivity index (χ2v) is 9.52. The van der Waals surface area contributed by atoms with Crippen LogP contribution in [0.3, 0.4) is 0 Å². The lowest BCUT2D eigenvalue weighted by atomic mass is 9.68. The van der Waals surface area contributed by atoms with Gasteiger partial charge in [-0.3, -0.25) is 9.69 Å². The summed E-state index contributed by atoms with van der Waals surface area (Å²) < 4.78 is 40.3. The Hall–Kier alpha value is -3.24. The van der Waals surface area contributed by atoms with Crippen LogP contribution in [-0.4, -0.2) is 5.78 Å². The largest absolute Gasteiger partial charge is 0.416 e. The average molecular weight is 472 g/mol. The number of benzene rings is 2. The van der Waals surface area contributed by atoms with Gasteiger partial charge in [-0.05, 0) is 47.7 Å². The van der Waals surface area contributed by atoms with Crippen molar-refractivity contribution in [1.82, 2.24) is 0 Å². The number of anilines is 1. The molecule has 2 aromatic carbocycles. The zero-order chi connectivity index (χ0) is 24.1. The van der Waals surface area contributed by atoms with Crippen LogP contribution < -0.4 is 10.6 Å². The maximum atomic E-state index is 13.4. The fourth-order valence-electron chi connectivity index (χ4n) is 4.61. The molecule has 0 aromatic heterocycles. The van der Waals surface area contributed by atoms with E-state index in [1.165, 1.54) is 17.0 Å². The molecule has 33 heavy (non-hydrogen) atoms. The molecule has 0 spiro atoms. The van der Waals surface area contributed by atoms with Crippen molar-refractivity contribution < 1.29 is 18.0 Å². The van der Waals surface area contributed by atoms with Gasteiger partial charge in [0.25, 0.3) is 0 Å². The number of nitrogens with zero attached hydrogens (tertiary/aromatic N) is 2. The number of carbonyl (C=O) groups excluding carboxylic acids is 1. The highest BCUT2D eigenvalue weighted by Crippen LogP contribution is 2.50. The molecule has 1 aliphatic heterocycles. The first kappa shape index (κ1) is 22.9. The van der Waals surface area contributed by atoms with Crippen molar-refractivity contribution in [3.63, 3.8) is 0 Å². The number of alkyl halides is 3. The standard InChI is InChI=1S/C25H21ClF3N3O/c1-24(2)11-19-22(20(33)12-24)21(14-6-8-16(26)9-7-14)18(13-30)23(31)32(19)17-5-3-4-15(10-17)25(27,28)29/h3-10,21H,11-12,31H2,1-2H3/t21-/m1/s1. The number of carbonyl (C=O) groups is 1. The Morgan fingerprint density at radius 1 is 1.15 bits per heavy atom. The normalized spacial score (nSPS) is 20.6. The molecule has 8 heteroatoms. The number of rotatable bonds is 2.